The SMILES string of the molecule is CC1OC(OCC2OC(OC3=Cc4c(O)cc(O)cc4OC3c3ccc(O)c(OC4OC(CO)C(O)C(O)C4O)c3)C(O)C(O)C2O)C(O)C(O)C1O. The van der Waals surface area contributed by atoms with E-state index in [4.69, 9.17) is 33.2 Å². The molecule has 0 aliphatic carbocycles. The van der Waals surface area contributed by atoms with Gasteiger partial charge in [0.15, 0.2) is 23.9 Å². The van der Waals surface area contributed by atoms with E-state index in [0.29, 0.717) is 0 Å². The van der Waals surface area contributed by atoms with Crippen LogP contribution in [0.4, 0.5) is 0 Å². The number of phenolic OH excluding ortho intramolecular Hbond substituents is 3. The Labute approximate surface area is 300 Å². The topological polar surface area (TPSA) is 328 Å². The molecule has 16 unspecified atom stereocenters. The van der Waals surface area contributed by atoms with E-state index in [-0.39, 0.29) is 34.1 Å². The summed E-state index contributed by atoms with van der Waals surface area (Å²) < 4.78 is 39.8. The maximum Gasteiger partial charge on any atom is 0.229 e. The molecular weight excluding hydrogens is 716 g/mol. The minimum Gasteiger partial charge on any atom is -0.508 e. The molecule has 0 aromatic heterocycles. The fraction of sp³-hybridized carbons (Fsp3) is 0.576. The van der Waals surface area contributed by atoms with E-state index < -0.39 is 123 Å². The van der Waals surface area contributed by atoms with Crippen molar-refractivity contribution in [2.24, 2.45) is 0 Å². The Kier molecular flexibility index (Phi) is 11.5. The molecule has 4 aliphatic heterocycles. The van der Waals surface area contributed by atoms with Crippen molar-refractivity contribution in [3.05, 3.63) is 47.2 Å². The van der Waals surface area contributed by atoms with Crippen molar-refractivity contribution in [2.45, 2.75) is 105 Å². The van der Waals surface area contributed by atoms with Crippen molar-refractivity contribution in [2.75, 3.05) is 13.2 Å². The number of benzene rings is 2. The molecule has 13 N–H and O–H groups in total. The Morgan fingerprint density at radius 1 is 0.623 bits per heavy atom. The lowest BCUT2D eigenvalue weighted by atomic mass is 9.98. The monoisotopic (exact) mass is 758 g/mol. The second-order valence-electron chi connectivity index (χ2n) is 13.1. The number of hydrogen-bond acceptors (Lipinski definition) is 20. The van der Waals surface area contributed by atoms with Crippen molar-refractivity contribution in [1.82, 2.24) is 0 Å². The number of rotatable bonds is 9. The third kappa shape index (κ3) is 7.70. The molecule has 4 aliphatic rings. The summed E-state index contributed by atoms with van der Waals surface area (Å²) in [7, 11) is 0. The van der Waals surface area contributed by atoms with Crippen LogP contribution in [0, 0.1) is 0 Å². The van der Waals surface area contributed by atoms with Gasteiger partial charge in [0.05, 0.1) is 24.9 Å². The van der Waals surface area contributed by atoms with Gasteiger partial charge < -0.3 is 99.5 Å². The first-order valence-corrected chi connectivity index (χ1v) is 16.5. The molecular formula is C33H42O20. The first-order chi connectivity index (χ1) is 25.1. The Morgan fingerprint density at radius 3 is 1.91 bits per heavy atom. The lowest BCUT2D eigenvalue weighted by Gasteiger charge is -2.43. The summed E-state index contributed by atoms with van der Waals surface area (Å²) in [5.74, 6) is -1.90. The Bertz CT molecular complexity index is 1620. The molecule has 0 radical (unpaired) electrons. The molecule has 2 aromatic carbocycles. The standard InChI is InChI=1S/C33H42O20/c1-10-21(38)24(41)27(44)31(48-10)47-9-20-23(40)26(43)29(46)33(53-20)51-18-7-13-15(37)5-12(35)6-16(13)49-30(18)11-2-3-14(36)17(4-11)50-32-28(45)25(42)22(39)19(8-34)52-32/h2-7,10,19-46H,8-9H2,1H3. The number of aliphatic hydroxyl groups is 10. The quantitative estimate of drug-likeness (QED) is 0.116. The highest BCUT2D eigenvalue weighted by molar-refractivity contribution is 5.70. The fourth-order valence-electron chi connectivity index (χ4n) is 6.28. The van der Waals surface area contributed by atoms with Crippen molar-refractivity contribution in [3.8, 4) is 28.7 Å². The summed E-state index contributed by atoms with van der Waals surface area (Å²) in [6.07, 6.45) is -24.3. The highest BCUT2D eigenvalue weighted by Crippen LogP contribution is 2.46. The first-order valence-electron chi connectivity index (χ1n) is 16.5. The van der Waals surface area contributed by atoms with Crippen LogP contribution in [-0.4, -0.2) is 172 Å². The molecule has 6 rings (SSSR count). The highest BCUT2D eigenvalue weighted by Gasteiger charge is 2.49. The molecule has 0 spiro atoms. The van der Waals surface area contributed by atoms with Crippen LogP contribution in [0.25, 0.3) is 6.08 Å². The average molecular weight is 759 g/mol. The molecule has 3 fully saturated rings. The molecule has 0 amide bonds. The number of hydrogen-bond donors (Lipinski definition) is 13. The highest BCUT2D eigenvalue weighted by atomic mass is 16.7. The smallest absolute Gasteiger partial charge is 0.229 e. The molecule has 20 nitrogen and oxygen atoms in total. The average Bonchev–Trinajstić information content (AvgIpc) is 3.13. The van der Waals surface area contributed by atoms with Crippen molar-refractivity contribution >= 4 is 6.08 Å². The van der Waals surface area contributed by atoms with Gasteiger partial charge in [0.1, 0.15) is 90.2 Å². The van der Waals surface area contributed by atoms with E-state index in [0.717, 1.165) is 12.1 Å². The zero-order chi connectivity index (χ0) is 38.5. The summed E-state index contributed by atoms with van der Waals surface area (Å²) in [4.78, 5) is 0. The Morgan fingerprint density at radius 2 is 1.23 bits per heavy atom. The van der Waals surface area contributed by atoms with E-state index >= 15 is 0 Å². The number of fused-ring (bicyclic) bond motifs is 1. The molecule has 53 heavy (non-hydrogen) atoms. The van der Waals surface area contributed by atoms with Crippen LogP contribution in [0.2, 0.25) is 0 Å². The summed E-state index contributed by atoms with van der Waals surface area (Å²) in [5.41, 5.74) is 0.140. The number of ether oxygens (including phenoxy) is 7. The van der Waals surface area contributed by atoms with E-state index in [2.05, 4.69) is 0 Å². The van der Waals surface area contributed by atoms with Gasteiger partial charge in [-0.15, -0.1) is 0 Å². The fourth-order valence-corrected chi connectivity index (χ4v) is 6.28. The van der Waals surface area contributed by atoms with Crippen LogP contribution in [0.15, 0.2) is 36.1 Å². The second-order valence-corrected chi connectivity index (χ2v) is 13.1. The summed E-state index contributed by atoms with van der Waals surface area (Å²) in [6, 6.07) is 5.91. The Hall–Kier alpha value is -3.58. The van der Waals surface area contributed by atoms with E-state index in [1.165, 1.54) is 31.2 Å². The van der Waals surface area contributed by atoms with E-state index in [1.54, 1.807) is 0 Å². The van der Waals surface area contributed by atoms with Crippen LogP contribution in [0.1, 0.15) is 24.2 Å². The normalized spacial score (nSPS) is 40.1. The molecule has 2 aromatic rings. The van der Waals surface area contributed by atoms with Gasteiger partial charge in [0.2, 0.25) is 12.6 Å². The zero-order valence-corrected chi connectivity index (χ0v) is 27.8. The molecule has 0 saturated carbocycles. The first kappa shape index (κ1) is 39.1. The lowest BCUT2D eigenvalue weighted by Crippen LogP contribution is -2.61. The van der Waals surface area contributed by atoms with E-state index in [1.807, 2.05) is 0 Å². The lowest BCUT2D eigenvalue weighted by molar-refractivity contribution is -0.324. The Balaban J connectivity index is 1.26. The van der Waals surface area contributed by atoms with E-state index in [9.17, 15) is 66.4 Å². The van der Waals surface area contributed by atoms with Gasteiger partial charge in [-0.05, 0) is 25.1 Å². The maximum atomic E-state index is 10.9. The number of aliphatic hydroxyl groups excluding tert-OH is 10. The van der Waals surface area contributed by atoms with Crippen LogP contribution < -0.4 is 9.47 Å². The minimum atomic E-state index is -1.91. The van der Waals surface area contributed by atoms with Gasteiger partial charge in [-0.25, -0.2) is 0 Å². The van der Waals surface area contributed by atoms with Gasteiger partial charge in [-0.3, -0.25) is 0 Å². The van der Waals surface area contributed by atoms with Gasteiger partial charge in [-0.2, -0.15) is 0 Å². The number of aromatic hydroxyl groups is 3. The number of phenols is 3. The van der Waals surface area contributed by atoms with Crippen LogP contribution in [0.3, 0.4) is 0 Å². The predicted molar refractivity (Wildman–Crippen MR) is 170 cm³/mol. The molecule has 0 bridgehead atoms. The van der Waals surface area contributed by atoms with Crippen LogP contribution >= 0.6 is 0 Å². The largest absolute Gasteiger partial charge is 0.508 e. The maximum absolute atomic E-state index is 10.9. The van der Waals surface area contributed by atoms with Crippen molar-refractivity contribution in [3.63, 3.8) is 0 Å². The summed E-state index contributed by atoms with van der Waals surface area (Å²) >= 11 is 0. The summed E-state index contributed by atoms with van der Waals surface area (Å²) in [6.45, 7) is 0.104. The third-order valence-electron chi connectivity index (χ3n) is 9.43. The van der Waals surface area contributed by atoms with Crippen LogP contribution in [-0.2, 0) is 23.7 Å². The molecule has 20 heteroatoms. The molecule has 3 saturated heterocycles. The second kappa shape index (κ2) is 15.6. The van der Waals surface area contributed by atoms with Crippen LogP contribution in [0.5, 0.6) is 28.7 Å². The minimum absolute atomic E-state index is 0.00897. The molecule has 16 atom stereocenters. The molecule has 294 valence electrons. The van der Waals surface area contributed by atoms with Gasteiger partial charge in [0, 0.05) is 17.7 Å². The third-order valence-corrected chi connectivity index (χ3v) is 9.43. The van der Waals surface area contributed by atoms with Crippen molar-refractivity contribution in [1.29, 1.82) is 0 Å². The van der Waals surface area contributed by atoms with Gasteiger partial charge in [-0.1, -0.05) is 6.07 Å². The van der Waals surface area contributed by atoms with Gasteiger partial charge in [0.25, 0.3) is 0 Å². The molecule has 4 heterocycles. The van der Waals surface area contributed by atoms with Crippen molar-refractivity contribution < 1.29 is 99.5 Å². The summed E-state index contributed by atoms with van der Waals surface area (Å²) in [5, 5.41) is 134. The zero-order valence-electron chi connectivity index (χ0n) is 27.8. The predicted octanol–water partition coefficient (Wildman–Crippen LogP) is -3.87. The van der Waals surface area contributed by atoms with Gasteiger partial charge >= 0.3 is 0 Å².